The molecule has 0 aromatic rings. The number of hydrogen-bond acceptors (Lipinski definition) is 16. The summed E-state index contributed by atoms with van der Waals surface area (Å²) in [6.07, 6.45) is -12.5. The first kappa shape index (κ1) is 39.8. The third kappa shape index (κ3) is 10.4. The van der Waals surface area contributed by atoms with Gasteiger partial charge in [-0.25, -0.2) is 0 Å². The smallest absolute Gasteiger partial charge is 0.187 e. The molecule has 3 aliphatic rings. The number of ether oxygens (including phenoxy) is 6. The van der Waals surface area contributed by atoms with Gasteiger partial charge in [0.15, 0.2) is 18.9 Å². The molecule has 10 N–H and O–H groups in total. The van der Waals surface area contributed by atoms with Crippen LogP contribution in [0.3, 0.4) is 0 Å². The molecule has 0 aliphatic carbocycles. The summed E-state index contributed by atoms with van der Waals surface area (Å²) in [4.78, 5) is 0. The average Bonchev–Trinajstić information content (AvgIpc) is 3.06. The Kier molecular flexibility index (Phi) is 17.4. The number of aliphatic hydroxyl groups is 10. The van der Waals surface area contributed by atoms with Crippen molar-refractivity contribution in [3.63, 3.8) is 0 Å². The zero-order valence-electron chi connectivity index (χ0n) is 26.5. The van der Waals surface area contributed by atoms with Gasteiger partial charge in [-0.05, 0) is 6.42 Å². The molecule has 0 bridgehead atoms. The number of aliphatic hydroxyl groups excluding tert-OH is 10. The molecule has 0 radical (unpaired) electrons. The zero-order chi connectivity index (χ0) is 33.8. The highest BCUT2D eigenvalue weighted by Crippen LogP contribution is 2.32. The SMILES string of the molecule is CCCCCCCCCCCCO[C@H]1O[C@H](CO)[C@@H](O[C@@H]2O[C@H](CO)[C@@H](O[C@@H]3O[C@H](CO)[C@@H](O)[C@H](O)[C@H]3O)[C@H](O)[C@H]2O)[C@H](O)[C@H]1O. The van der Waals surface area contributed by atoms with Gasteiger partial charge in [-0.15, -0.1) is 0 Å². The fourth-order valence-corrected chi connectivity index (χ4v) is 5.97. The van der Waals surface area contributed by atoms with Gasteiger partial charge in [0, 0.05) is 6.61 Å². The van der Waals surface area contributed by atoms with E-state index in [0.29, 0.717) is 0 Å². The molecular weight excluding hydrogens is 616 g/mol. The molecule has 272 valence electrons. The minimum Gasteiger partial charge on any atom is -0.394 e. The monoisotopic (exact) mass is 672 g/mol. The molecule has 46 heavy (non-hydrogen) atoms. The van der Waals surface area contributed by atoms with Crippen molar-refractivity contribution in [2.24, 2.45) is 0 Å². The number of rotatable bonds is 19. The summed E-state index contributed by atoms with van der Waals surface area (Å²) in [5.41, 5.74) is 0. The normalized spacial score (nSPS) is 41.9. The molecule has 0 unspecified atom stereocenters. The second-order valence-corrected chi connectivity index (χ2v) is 12.4. The van der Waals surface area contributed by atoms with Crippen molar-refractivity contribution in [2.45, 2.75) is 163 Å². The highest BCUT2D eigenvalue weighted by molar-refractivity contribution is 4.96. The van der Waals surface area contributed by atoms with E-state index in [4.69, 9.17) is 28.4 Å². The van der Waals surface area contributed by atoms with Crippen molar-refractivity contribution in [3.05, 3.63) is 0 Å². The van der Waals surface area contributed by atoms with Gasteiger partial charge in [-0.1, -0.05) is 64.7 Å². The first-order valence-electron chi connectivity index (χ1n) is 16.6. The van der Waals surface area contributed by atoms with Crippen molar-refractivity contribution in [1.29, 1.82) is 0 Å². The van der Waals surface area contributed by atoms with E-state index < -0.39 is 112 Å². The molecule has 16 heteroatoms. The molecule has 0 saturated carbocycles. The standard InChI is InChI=1S/C30H56O16/c1-2-3-4-5-6-7-8-9-10-11-12-41-28-24(39)21(36)26(17(14-32)43-28)46-30-25(40)22(37)27(18(15-33)44-30)45-29-23(38)20(35)19(34)16(13-31)42-29/h16-40H,2-15H2,1H3/t16-,17-,18-,19-,20+,21-,22-,23-,24-,25-,26-,27-,28+,29+,30+/m1/s1. The lowest BCUT2D eigenvalue weighted by molar-refractivity contribution is -0.379. The Morgan fingerprint density at radius 1 is 0.435 bits per heavy atom. The van der Waals surface area contributed by atoms with Crippen LogP contribution in [-0.2, 0) is 28.4 Å². The van der Waals surface area contributed by atoms with Crippen LogP contribution in [0.1, 0.15) is 71.1 Å². The fourth-order valence-electron chi connectivity index (χ4n) is 5.97. The predicted octanol–water partition coefficient (Wildman–Crippen LogP) is -2.63. The van der Waals surface area contributed by atoms with E-state index in [1.54, 1.807) is 0 Å². The Bertz CT molecular complexity index is 820. The summed E-state index contributed by atoms with van der Waals surface area (Å²) >= 11 is 0. The lowest BCUT2D eigenvalue weighted by Gasteiger charge is -2.48. The van der Waals surface area contributed by atoms with Gasteiger partial charge in [0.1, 0.15) is 73.2 Å². The van der Waals surface area contributed by atoms with Crippen LogP contribution in [0, 0.1) is 0 Å². The van der Waals surface area contributed by atoms with Gasteiger partial charge >= 0.3 is 0 Å². The molecule has 3 fully saturated rings. The second kappa shape index (κ2) is 20.1. The maximum atomic E-state index is 10.9. The summed E-state index contributed by atoms with van der Waals surface area (Å²) in [6, 6.07) is 0. The summed E-state index contributed by atoms with van der Waals surface area (Å²) < 4.78 is 33.4. The predicted molar refractivity (Wildman–Crippen MR) is 157 cm³/mol. The molecule has 16 nitrogen and oxygen atoms in total. The first-order valence-corrected chi connectivity index (χ1v) is 16.6. The molecule has 3 aliphatic heterocycles. The summed E-state index contributed by atoms with van der Waals surface area (Å²) in [5.74, 6) is 0. The van der Waals surface area contributed by atoms with E-state index in [1.165, 1.54) is 38.5 Å². The zero-order valence-corrected chi connectivity index (χ0v) is 26.5. The Balaban J connectivity index is 1.50. The molecular formula is C30H56O16. The van der Waals surface area contributed by atoms with Gasteiger partial charge < -0.3 is 79.5 Å². The molecule has 15 atom stereocenters. The molecule has 3 heterocycles. The third-order valence-electron chi connectivity index (χ3n) is 8.85. The van der Waals surface area contributed by atoms with E-state index in [2.05, 4.69) is 6.92 Å². The average molecular weight is 673 g/mol. The second-order valence-electron chi connectivity index (χ2n) is 12.4. The van der Waals surface area contributed by atoms with Crippen LogP contribution in [0.5, 0.6) is 0 Å². The van der Waals surface area contributed by atoms with Crippen molar-refractivity contribution in [3.8, 4) is 0 Å². The lowest BCUT2D eigenvalue weighted by atomic mass is 9.96. The highest BCUT2D eigenvalue weighted by Gasteiger charge is 2.53. The summed E-state index contributed by atoms with van der Waals surface area (Å²) in [5, 5.41) is 103. The summed E-state index contributed by atoms with van der Waals surface area (Å²) in [7, 11) is 0. The van der Waals surface area contributed by atoms with Crippen LogP contribution < -0.4 is 0 Å². The first-order chi connectivity index (χ1) is 22.1. The lowest BCUT2D eigenvalue weighted by Crippen LogP contribution is -2.66. The Morgan fingerprint density at radius 3 is 1.30 bits per heavy atom. The quantitative estimate of drug-likeness (QED) is 0.0630. The van der Waals surface area contributed by atoms with Crippen molar-refractivity contribution in [2.75, 3.05) is 26.4 Å². The number of hydrogen-bond donors (Lipinski definition) is 10. The van der Waals surface area contributed by atoms with E-state index in [-0.39, 0.29) is 6.61 Å². The van der Waals surface area contributed by atoms with Crippen molar-refractivity contribution < 1.29 is 79.5 Å². The largest absolute Gasteiger partial charge is 0.394 e. The summed E-state index contributed by atoms with van der Waals surface area (Å²) in [6.45, 7) is 0.270. The van der Waals surface area contributed by atoms with Crippen LogP contribution >= 0.6 is 0 Å². The Morgan fingerprint density at radius 2 is 0.826 bits per heavy atom. The Labute approximate surface area is 269 Å². The molecule has 0 aromatic carbocycles. The van der Waals surface area contributed by atoms with Gasteiger partial charge in [0.05, 0.1) is 19.8 Å². The molecule has 3 saturated heterocycles. The Hall–Kier alpha value is -0.640. The highest BCUT2D eigenvalue weighted by atomic mass is 16.8. The molecule has 0 aromatic heterocycles. The molecule has 0 spiro atoms. The topological polar surface area (TPSA) is 258 Å². The fraction of sp³-hybridized carbons (Fsp3) is 1.00. The van der Waals surface area contributed by atoms with Crippen LogP contribution in [0.2, 0.25) is 0 Å². The van der Waals surface area contributed by atoms with Gasteiger partial charge in [0.2, 0.25) is 0 Å². The minimum absolute atomic E-state index is 0.263. The third-order valence-corrected chi connectivity index (χ3v) is 8.85. The van der Waals surface area contributed by atoms with Gasteiger partial charge in [-0.3, -0.25) is 0 Å². The van der Waals surface area contributed by atoms with E-state index >= 15 is 0 Å². The van der Waals surface area contributed by atoms with Crippen LogP contribution in [0.15, 0.2) is 0 Å². The van der Waals surface area contributed by atoms with E-state index in [1.807, 2.05) is 0 Å². The molecule has 0 amide bonds. The number of unbranched alkanes of at least 4 members (excludes halogenated alkanes) is 9. The van der Waals surface area contributed by atoms with E-state index in [0.717, 1.165) is 25.7 Å². The van der Waals surface area contributed by atoms with Gasteiger partial charge in [0.25, 0.3) is 0 Å². The van der Waals surface area contributed by atoms with Crippen molar-refractivity contribution >= 4 is 0 Å². The van der Waals surface area contributed by atoms with Crippen LogP contribution in [0.25, 0.3) is 0 Å². The maximum Gasteiger partial charge on any atom is 0.187 e. The van der Waals surface area contributed by atoms with Gasteiger partial charge in [-0.2, -0.15) is 0 Å². The minimum atomic E-state index is -1.88. The van der Waals surface area contributed by atoms with E-state index in [9.17, 15) is 51.1 Å². The van der Waals surface area contributed by atoms with Crippen LogP contribution in [0.4, 0.5) is 0 Å². The molecule has 3 rings (SSSR count). The van der Waals surface area contributed by atoms with Crippen LogP contribution in [-0.4, -0.2) is 170 Å². The maximum absolute atomic E-state index is 10.9. The van der Waals surface area contributed by atoms with Crippen molar-refractivity contribution in [1.82, 2.24) is 0 Å².